The highest BCUT2D eigenvalue weighted by Gasteiger charge is 2.25. The van der Waals surface area contributed by atoms with Gasteiger partial charge in [0.1, 0.15) is 11.9 Å². The van der Waals surface area contributed by atoms with Crippen LogP contribution in [0, 0.1) is 0 Å². The fourth-order valence-electron chi connectivity index (χ4n) is 1.60. The Morgan fingerprint density at radius 2 is 2.47 bits per heavy atom. The number of nitrogens with one attached hydrogen (secondary N) is 1. The number of aromatic nitrogens is 1. The highest BCUT2D eigenvalue weighted by molar-refractivity contribution is 5.81. The summed E-state index contributed by atoms with van der Waals surface area (Å²) in [6, 6.07) is 5.58. The van der Waals surface area contributed by atoms with Gasteiger partial charge in [0.15, 0.2) is 0 Å². The Morgan fingerprint density at radius 3 is 3.00 bits per heavy atom. The maximum Gasteiger partial charge on any atom is 0.149 e. The van der Waals surface area contributed by atoms with E-state index in [4.69, 9.17) is 4.74 Å². The largest absolute Gasteiger partial charge is 0.368 e. The summed E-state index contributed by atoms with van der Waals surface area (Å²) < 4.78 is 5.59. The number of hydrogen-bond donors (Lipinski definition) is 1. The first-order valence-corrected chi connectivity index (χ1v) is 5.04. The lowest BCUT2D eigenvalue weighted by Gasteiger charge is -2.28. The van der Waals surface area contributed by atoms with E-state index in [2.05, 4.69) is 10.3 Å². The molecule has 1 aromatic rings. The number of ether oxygens (including phenoxy) is 1. The molecule has 15 heavy (non-hydrogen) atoms. The van der Waals surface area contributed by atoms with Gasteiger partial charge >= 0.3 is 0 Å². The Morgan fingerprint density at radius 1 is 1.60 bits per heavy atom. The predicted octanol–water partition coefficient (Wildman–Crippen LogP) is 0.700. The van der Waals surface area contributed by atoms with Gasteiger partial charge in [-0.25, -0.2) is 0 Å². The SMILES string of the molecule is CC(=O)C1COC(c2ccccn2)CN1. The molecule has 0 aliphatic carbocycles. The summed E-state index contributed by atoms with van der Waals surface area (Å²) in [5.41, 5.74) is 0.909. The highest BCUT2D eigenvalue weighted by atomic mass is 16.5. The third-order valence-electron chi connectivity index (χ3n) is 2.52. The van der Waals surface area contributed by atoms with E-state index in [1.54, 1.807) is 13.1 Å². The van der Waals surface area contributed by atoms with Gasteiger partial charge in [0.05, 0.1) is 18.3 Å². The van der Waals surface area contributed by atoms with Crippen LogP contribution in [0.25, 0.3) is 0 Å². The zero-order valence-corrected chi connectivity index (χ0v) is 8.64. The number of morpholine rings is 1. The van der Waals surface area contributed by atoms with Crippen LogP contribution in [0.15, 0.2) is 24.4 Å². The summed E-state index contributed by atoms with van der Waals surface area (Å²) >= 11 is 0. The average Bonchev–Trinajstić information content (AvgIpc) is 2.30. The standard InChI is InChI=1S/C11H14N2O2/c1-8(14)10-7-15-11(6-13-10)9-4-2-3-5-12-9/h2-5,10-11,13H,6-7H2,1H3. The van der Waals surface area contributed by atoms with E-state index in [0.717, 1.165) is 5.69 Å². The molecular weight excluding hydrogens is 192 g/mol. The van der Waals surface area contributed by atoms with Crippen molar-refractivity contribution in [1.29, 1.82) is 0 Å². The van der Waals surface area contributed by atoms with Gasteiger partial charge < -0.3 is 10.1 Å². The van der Waals surface area contributed by atoms with E-state index in [1.807, 2.05) is 18.2 Å². The first-order valence-electron chi connectivity index (χ1n) is 5.04. The summed E-state index contributed by atoms with van der Waals surface area (Å²) in [5, 5.41) is 3.15. The molecule has 1 fully saturated rings. The number of pyridine rings is 1. The molecule has 0 saturated carbocycles. The third-order valence-corrected chi connectivity index (χ3v) is 2.52. The van der Waals surface area contributed by atoms with Crippen LogP contribution in [0.1, 0.15) is 18.7 Å². The molecule has 0 bridgehead atoms. The summed E-state index contributed by atoms with van der Waals surface area (Å²) in [6.07, 6.45) is 1.71. The maximum absolute atomic E-state index is 11.1. The minimum Gasteiger partial charge on any atom is -0.368 e. The van der Waals surface area contributed by atoms with E-state index < -0.39 is 0 Å². The average molecular weight is 206 g/mol. The van der Waals surface area contributed by atoms with Gasteiger partial charge in [-0.1, -0.05) is 6.07 Å². The molecule has 2 atom stereocenters. The van der Waals surface area contributed by atoms with Crippen LogP contribution in [-0.2, 0) is 9.53 Å². The molecule has 1 aromatic heterocycles. The number of hydrogen-bond acceptors (Lipinski definition) is 4. The van der Waals surface area contributed by atoms with E-state index in [0.29, 0.717) is 13.2 Å². The van der Waals surface area contributed by atoms with Crippen molar-refractivity contribution >= 4 is 5.78 Å². The molecule has 2 rings (SSSR count). The summed E-state index contributed by atoms with van der Waals surface area (Å²) in [4.78, 5) is 15.3. The topological polar surface area (TPSA) is 51.2 Å². The van der Waals surface area contributed by atoms with Gasteiger partial charge in [0.2, 0.25) is 0 Å². The fraction of sp³-hybridized carbons (Fsp3) is 0.455. The van der Waals surface area contributed by atoms with Crippen LogP contribution < -0.4 is 5.32 Å². The van der Waals surface area contributed by atoms with Crippen molar-refractivity contribution in [2.45, 2.75) is 19.1 Å². The van der Waals surface area contributed by atoms with Crippen molar-refractivity contribution in [3.63, 3.8) is 0 Å². The number of ketones is 1. The van der Waals surface area contributed by atoms with Crippen LogP contribution in [0.4, 0.5) is 0 Å². The molecule has 1 saturated heterocycles. The lowest BCUT2D eigenvalue weighted by molar-refractivity contribution is -0.123. The molecular formula is C11H14N2O2. The fourth-order valence-corrected chi connectivity index (χ4v) is 1.60. The second-order valence-electron chi connectivity index (χ2n) is 3.65. The molecule has 2 heterocycles. The number of Topliss-reactive ketones (excluding diaryl/α,β-unsaturated/α-hetero) is 1. The van der Waals surface area contributed by atoms with Crippen LogP contribution in [0.3, 0.4) is 0 Å². The second kappa shape index (κ2) is 4.51. The van der Waals surface area contributed by atoms with Crippen molar-refractivity contribution in [3.05, 3.63) is 30.1 Å². The van der Waals surface area contributed by atoms with Crippen LogP contribution in [-0.4, -0.2) is 30.0 Å². The van der Waals surface area contributed by atoms with E-state index in [1.165, 1.54) is 0 Å². The molecule has 1 N–H and O–H groups in total. The van der Waals surface area contributed by atoms with Crippen LogP contribution in [0.2, 0.25) is 0 Å². The van der Waals surface area contributed by atoms with E-state index in [9.17, 15) is 4.79 Å². The van der Waals surface area contributed by atoms with Gasteiger partial charge in [-0.15, -0.1) is 0 Å². The molecule has 0 amide bonds. The predicted molar refractivity (Wildman–Crippen MR) is 55.4 cm³/mol. The quantitative estimate of drug-likeness (QED) is 0.774. The second-order valence-corrected chi connectivity index (χ2v) is 3.65. The Kier molecular flexibility index (Phi) is 3.08. The first kappa shape index (κ1) is 10.3. The van der Waals surface area contributed by atoms with Crippen molar-refractivity contribution in [3.8, 4) is 0 Å². The van der Waals surface area contributed by atoms with Crippen LogP contribution in [0.5, 0.6) is 0 Å². The minimum absolute atomic E-state index is 0.0400. The molecule has 4 heteroatoms. The summed E-state index contributed by atoms with van der Waals surface area (Å²) in [6.45, 7) is 2.64. The zero-order valence-electron chi connectivity index (χ0n) is 8.64. The Labute approximate surface area is 88.7 Å². The van der Waals surface area contributed by atoms with Gasteiger partial charge in [-0.05, 0) is 19.1 Å². The number of nitrogens with zero attached hydrogens (tertiary/aromatic N) is 1. The van der Waals surface area contributed by atoms with Gasteiger partial charge in [0, 0.05) is 12.7 Å². The van der Waals surface area contributed by atoms with Crippen LogP contribution >= 0.6 is 0 Å². The molecule has 4 nitrogen and oxygen atoms in total. The molecule has 0 spiro atoms. The molecule has 1 aliphatic heterocycles. The number of carbonyl (C=O) groups excluding carboxylic acids is 1. The molecule has 2 unspecified atom stereocenters. The Hall–Kier alpha value is -1.26. The monoisotopic (exact) mass is 206 g/mol. The van der Waals surface area contributed by atoms with E-state index >= 15 is 0 Å². The normalized spacial score (nSPS) is 26.2. The smallest absolute Gasteiger partial charge is 0.149 e. The van der Waals surface area contributed by atoms with Gasteiger partial charge in [-0.3, -0.25) is 9.78 Å². The Balaban J connectivity index is 1.97. The van der Waals surface area contributed by atoms with Gasteiger partial charge in [-0.2, -0.15) is 0 Å². The summed E-state index contributed by atoms with van der Waals surface area (Å²) in [7, 11) is 0. The molecule has 0 aromatic carbocycles. The highest BCUT2D eigenvalue weighted by Crippen LogP contribution is 2.17. The Bertz CT molecular complexity index is 332. The number of rotatable bonds is 2. The molecule has 1 aliphatic rings. The van der Waals surface area contributed by atoms with Crippen molar-refractivity contribution in [1.82, 2.24) is 10.3 Å². The lowest BCUT2D eigenvalue weighted by Crippen LogP contribution is -2.46. The van der Waals surface area contributed by atoms with Crippen molar-refractivity contribution in [2.24, 2.45) is 0 Å². The first-order chi connectivity index (χ1) is 7.27. The molecule has 80 valence electrons. The summed E-state index contributed by atoms with van der Waals surface area (Å²) in [5.74, 6) is 0.120. The maximum atomic E-state index is 11.1. The lowest BCUT2D eigenvalue weighted by atomic mass is 10.1. The van der Waals surface area contributed by atoms with Crippen molar-refractivity contribution in [2.75, 3.05) is 13.2 Å². The zero-order chi connectivity index (χ0) is 10.7. The minimum atomic E-state index is -0.162. The van der Waals surface area contributed by atoms with Crippen molar-refractivity contribution < 1.29 is 9.53 Å². The number of carbonyl (C=O) groups is 1. The van der Waals surface area contributed by atoms with Gasteiger partial charge in [0.25, 0.3) is 0 Å². The van der Waals surface area contributed by atoms with E-state index in [-0.39, 0.29) is 17.9 Å². The molecule has 0 radical (unpaired) electrons. The third kappa shape index (κ3) is 2.40.